The fourth-order valence-electron chi connectivity index (χ4n) is 6.01. The molecule has 3 aliphatic rings. The Morgan fingerprint density at radius 3 is 2.71 bits per heavy atom. The third-order valence-electron chi connectivity index (χ3n) is 8.59. The summed E-state index contributed by atoms with van der Waals surface area (Å²) in [5.74, 6) is 2.20. The summed E-state index contributed by atoms with van der Waals surface area (Å²) >= 11 is 6.55. The van der Waals surface area contributed by atoms with Gasteiger partial charge >= 0.3 is 0 Å². The summed E-state index contributed by atoms with van der Waals surface area (Å²) < 4.78 is 11.0. The van der Waals surface area contributed by atoms with E-state index in [4.69, 9.17) is 26.1 Å². The van der Waals surface area contributed by atoms with Gasteiger partial charge in [-0.3, -0.25) is 4.90 Å². The number of likely N-dealkylation sites (tertiary alicyclic amines) is 1. The number of methoxy groups -OCH3 is 1. The lowest BCUT2D eigenvalue weighted by Crippen LogP contribution is -2.38. The van der Waals surface area contributed by atoms with Crippen LogP contribution in [0.4, 0.5) is 11.6 Å². The number of halogens is 1. The summed E-state index contributed by atoms with van der Waals surface area (Å²) in [6.45, 7) is 4.96. The lowest BCUT2D eigenvalue weighted by molar-refractivity contribution is 0.0455. The van der Waals surface area contributed by atoms with Gasteiger partial charge in [0, 0.05) is 64.3 Å². The number of anilines is 2. The molecule has 1 saturated carbocycles. The van der Waals surface area contributed by atoms with E-state index >= 15 is 0 Å². The number of pyridine rings is 2. The fraction of sp³-hybridized carbons (Fsp3) is 0.621. The highest BCUT2D eigenvalue weighted by atomic mass is 35.5. The maximum absolute atomic E-state index is 9.74. The van der Waals surface area contributed by atoms with Crippen molar-refractivity contribution in [1.29, 1.82) is 5.26 Å². The molecular weight excluding hydrogens is 500 g/mol. The molecule has 38 heavy (non-hydrogen) atoms. The Bertz CT molecular complexity index is 1110. The van der Waals surface area contributed by atoms with Crippen LogP contribution in [-0.2, 0) is 9.47 Å². The Morgan fingerprint density at radius 2 is 1.97 bits per heavy atom. The third-order valence-corrected chi connectivity index (χ3v) is 8.89. The molecule has 4 heterocycles. The predicted molar refractivity (Wildman–Crippen MR) is 150 cm³/mol. The van der Waals surface area contributed by atoms with Gasteiger partial charge in [-0.15, -0.1) is 0 Å². The summed E-state index contributed by atoms with van der Waals surface area (Å²) in [6.07, 6.45) is 9.71. The highest BCUT2D eigenvalue weighted by Crippen LogP contribution is 2.33. The van der Waals surface area contributed by atoms with E-state index in [9.17, 15) is 5.26 Å². The van der Waals surface area contributed by atoms with E-state index in [2.05, 4.69) is 26.6 Å². The number of ether oxygens (including phenoxy) is 2. The summed E-state index contributed by atoms with van der Waals surface area (Å²) in [7, 11) is 1.83. The van der Waals surface area contributed by atoms with Crippen LogP contribution in [0.15, 0.2) is 30.5 Å². The standard InChI is InChI=1S/C29H39ClN6O2/c1-37-23-9-12-36(18-23)22-7-5-21(6-8-22)16-32-28-15-24(25(30)17-33-28)26-3-2-4-27(35-26)34-20-29(19-31)10-13-38-14-11-29/h2-4,15,17,21-23H,5-14,16,18,20H2,1H3,(H,32,33)(H,34,35)/t21?,22?,23-/m0/s1. The molecular formula is C29H39ClN6O2. The van der Waals surface area contributed by atoms with Crippen molar-refractivity contribution in [3.8, 4) is 17.3 Å². The number of hydrogen-bond acceptors (Lipinski definition) is 8. The van der Waals surface area contributed by atoms with Crippen molar-refractivity contribution in [1.82, 2.24) is 14.9 Å². The molecule has 0 aromatic carbocycles. The molecule has 2 N–H and O–H groups in total. The van der Waals surface area contributed by atoms with Gasteiger partial charge < -0.3 is 20.1 Å². The first-order chi connectivity index (χ1) is 18.6. The third kappa shape index (κ3) is 6.58. The van der Waals surface area contributed by atoms with Gasteiger partial charge in [0.2, 0.25) is 0 Å². The van der Waals surface area contributed by atoms with Crippen LogP contribution in [0, 0.1) is 22.7 Å². The second kappa shape index (κ2) is 12.6. The lowest BCUT2D eigenvalue weighted by atomic mass is 9.82. The Morgan fingerprint density at radius 1 is 1.16 bits per heavy atom. The van der Waals surface area contributed by atoms with Crippen LogP contribution in [0.5, 0.6) is 0 Å². The smallest absolute Gasteiger partial charge is 0.126 e. The molecule has 2 aromatic rings. The topological polar surface area (TPSA) is 95.3 Å². The first kappa shape index (κ1) is 27.1. The van der Waals surface area contributed by atoms with E-state index in [0.29, 0.717) is 42.8 Å². The second-order valence-electron chi connectivity index (χ2n) is 11.0. The number of rotatable bonds is 9. The van der Waals surface area contributed by atoms with Gasteiger partial charge in [0.05, 0.1) is 28.3 Å². The van der Waals surface area contributed by atoms with Crippen molar-refractivity contribution in [2.45, 2.75) is 57.1 Å². The first-order valence-electron chi connectivity index (χ1n) is 13.9. The van der Waals surface area contributed by atoms with Crippen molar-refractivity contribution in [2.24, 2.45) is 11.3 Å². The van der Waals surface area contributed by atoms with E-state index in [1.165, 1.54) is 32.2 Å². The molecule has 0 radical (unpaired) electrons. The Kier molecular flexibility index (Phi) is 9.01. The summed E-state index contributed by atoms with van der Waals surface area (Å²) in [5, 5.41) is 17.2. The molecule has 3 fully saturated rings. The van der Waals surface area contributed by atoms with Gasteiger partial charge in [0.15, 0.2) is 0 Å². The average molecular weight is 539 g/mol. The molecule has 2 aliphatic heterocycles. The minimum absolute atomic E-state index is 0.409. The van der Waals surface area contributed by atoms with Gasteiger partial charge in [0.25, 0.3) is 0 Å². The molecule has 2 aromatic heterocycles. The van der Waals surface area contributed by atoms with Gasteiger partial charge in [-0.2, -0.15) is 5.26 Å². The van der Waals surface area contributed by atoms with E-state index in [1.807, 2.05) is 31.4 Å². The maximum atomic E-state index is 9.74. The van der Waals surface area contributed by atoms with Crippen molar-refractivity contribution < 1.29 is 9.47 Å². The molecule has 9 heteroatoms. The summed E-state index contributed by atoms with van der Waals surface area (Å²) in [6, 6.07) is 11.0. The van der Waals surface area contributed by atoms with Crippen molar-refractivity contribution in [3.63, 3.8) is 0 Å². The zero-order chi connectivity index (χ0) is 26.4. The molecule has 1 aliphatic carbocycles. The molecule has 204 valence electrons. The molecule has 8 nitrogen and oxygen atoms in total. The second-order valence-corrected chi connectivity index (χ2v) is 11.4. The zero-order valence-electron chi connectivity index (χ0n) is 22.3. The Labute approximate surface area is 231 Å². The van der Waals surface area contributed by atoms with Gasteiger partial charge in [-0.05, 0) is 69.1 Å². The van der Waals surface area contributed by atoms with Crippen molar-refractivity contribution in [3.05, 3.63) is 35.5 Å². The quantitative estimate of drug-likeness (QED) is 0.448. The fourth-order valence-corrected chi connectivity index (χ4v) is 6.21. The number of nitrogens with zero attached hydrogens (tertiary/aromatic N) is 4. The number of aromatic nitrogens is 2. The molecule has 1 atom stereocenters. The van der Waals surface area contributed by atoms with Crippen molar-refractivity contribution >= 4 is 23.2 Å². The monoisotopic (exact) mass is 538 g/mol. The summed E-state index contributed by atoms with van der Waals surface area (Å²) in [4.78, 5) is 12.0. The Balaban J connectivity index is 1.16. The van der Waals surface area contributed by atoms with E-state index in [-0.39, 0.29) is 0 Å². The van der Waals surface area contributed by atoms with Crippen LogP contribution in [0.1, 0.15) is 44.9 Å². The van der Waals surface area contributed by atoms with E-state index in [0.717, 1.165) is 55.2 Å². The molecule has 0 spiro atoms. The van der Waals surface area contributed by atoms with Gasteiger partial charge in [-0.25, -0.2) is 9.97 Å². The maximum Gasteiger partial charge on any atom is 0.126 e. The molecule has 2 saturated heterocycles. The summed E-state index contributed by atoms with van der Waals surface area (Å²) in [5.41, 5.74) is 1.21. The SMILES string of the molecule is CO[C@H]1CCN(C2CCC(CNc3cc(-c4cccc(NCC5(C#N)CCOCC5)n4)c(Cl)cn3)CC2)C1. The highest BCUT2D eigenvalue weighted by molar-refractivity contribution is 6.33. The van der Waals surface area contributed by atoms with E-state index in [1.54, 1.807) is 6.20 Å². The van der Waals surface area contributed by atoms with Crippen LogP contribution >= 0.6 is 11.6 Å². The number of nitrogens with one attached hydrogen (secondary N) is 2. The van der Waals surface area contributed by atoms with Crippen LogP contribution in [-0.4, -0.2) is 73.5 Å². The molecule has 5 rings (SSSR count). The van der Waals surface area contributed by atoms with Gasteiger partial charge in [0.1, 0.15) is 11.6 Å². The van der Waals surface area contributed by atoms with Crippen LogP contribution in [0.3, 0.4) is 0 Å². The van der Waals surface area contributed by atoms with Crippen molar-refractivity contribution in [2.75, 3.05) is 57.1 Å². The zero-order valence-corrected chi connectivity index (χ0v) is 23.1. The molecule has 0 unspecified atom stereocenters. The minimum atomic E-state index is -0.415. The Hall–Kier alpha value is -2.44. The van der Waals surface area contributed by atoms with Gasteiger partial charge in [-0.1, -0.05) is 17.7 Å². The van der Waals surface area contributed by atoms with Crippen LogP contribution in [0.2, 0.25) is 5.02 Å². The molecule has 0 bridgehead atoms. The first-order valence-corrected chi connectivity index (χ1v) is 14.3. The predicted octanol–water partition coefficient (Wildman–Crippen LogP) is 5.22. The number of nitriles is 1. The highest BCUT2D eigenvalue weighted by Gasteiger charge is 2.33. The molecule has 0 amide bonds. The van der Waals surface area contributed by atoms with Crippen LogP contribution < -0.4 is 10.6 Å². The largest absolute Gasteiger partial charge is 0.381 e. The lowest BCUT2D eigenvalue weighted by Gasteiger charge is -2.34. The number of hydrogen-bond donors (Lipinski definition) is 2. The normalized spacial score (nSPS) is 25.6. The average Bonchev–Trinajstić information content (AvgIpc) is 3.46. The van der Waals surface area contributed by atoms with E-state index < -0.39 is 5.41 Å². The minimum Gasteiger partial charge on any atom is -0.381 e. The van der Waals surface area contributed by atoms with Crippen LogP contribution in [0.25, 0.3) is 11.3 Å².